The number of Topliss-reactive ketones (excluding diaryl/α,β-unsaturated/α-hetero) is 1. The number of carbonyl (C=O) groups is 3. The topological polar surface area (TPSA) is 97.5 Å². The number of hydrogen-bond acceptors (Lipinski definition) is 3. The predicted molar refractivity (Wildman–Crippen MR) is 67.6 cm³/mol. The minimum Gasteiger partial charge on any atom is -0.481 e. The summed E-state index contributed by atoms with van der Waals surface area (Å²) in [5.41, 5.74) is 5.87. The van der Waals surface area contributed by atoms with Crippen molar-refractivity contribution in [3.05, 3.63) is 41.5 Å². The fourth-order valence-electron chi connectivity index (χ4n) is 1.06. The van der Waals surface area contributed by atoms with Gasteiger partial charge in [-0.05, 0) is 18.6 Å². The molecule has 1 aromatic rings. The molecule has 0 aliphatic carbocycles. The van der Waals surface area contributed by atoms with E-state index >= 15 is 0 Å². The van der Waals surface area contributed by atoms with Gasteiger partial charge in [-0.3, -0.25) is 14.4 Å². The smallest absolute Gasteiger partial charge is 0.300 e. The van der Waals surface area contributed by atoms with Crippen molar-refractivity contribution in [2.45, 2.75) is 13.8 Å². The van der Waals surface area contributed by atoms with Gasteiger partial charge in [-0.15, -0.1) is 0 Å². The molecule has 0 radical (unpaired) electrons. The van der Waals surface area contributed by atoms with Gasteiger partial charge in [0, 0.05) is 6.92 Å². The van der Waals surface area contributed by atoms with Gasteiger partial charge in [-0.25, -0.2) is 0 Å². The van der Waals surface area contributed by atoms with Gasteiger partial charge < -0.3 is 10.8 Å². The third-order valence-corrected chi connectivity index (χ3v) is 1.76. The number of aliphatic carboxylic acids is 1. The minimum atomic E-state index is -0.833. The summed E-state index contributed by atoms with van der Waals surface area (Å²) in [6.07, 6.45) is 1.49. The van der Waals surface area contributed by atoms with Crippen molar-refractivity contribution in [2.75, 3.05) is 0 Å². The van der Waals surface area contributed by atoms with Crippen LogP contribution in [0, 0.1) is 0 Å². The summed E-state index contributed by atoms with van der Waals surface area (Å²) < 4.78 is 0. The van der Waals surface area contributed by atoms with Crippen LogP contribution in [0.1, 0.15) is 19.4 Å². The zero-order valence-corrected chi connectivity index (χ0v) is 10.2. The highest BCUT2D eigenvalue weighted by Gasteiger charge is 2.09. The van der Waals surface area contributed by atoms with Gasteiger partial charge in [0.25, 0.3) is 11.9 Å². The predicted octanol–water partition coefficient (Wildman–Crippen LogP) is 1.24. The highest BCUT2D eigenvalue weighted by molar-refractivity contribution is 6.21. The van der Waals surface area contributed by atoms with E-state index in [4.69, 9.17) is 15.6 Å². The van der Waals surface area contributed by atoms with E-state index in [1.165, 1.54) is 13.0 Å². The summed E-state index contributed by atoms with van der Waals surface area (Å²) in [7, 11) is 0. The summed E-state index contributed by atoms with van der Waals surface area (Å²) in [5, 5.41) is 7.42. The van der Waals surface area contributed by atoms with Crippen LogP contribution in [0.3, 0.4) is 0 Å². The summed E-state index contributed by atoms with van der Waals surface area (Å²) in [5.74, 6) is -1.84. The Morgan fingerprint density at radius 1 is 1.11 bits per heavy atom. The number of primary amides is 1. The van der Waals surface area contributed by atoms with Crippen LogP contribution >= 0.6 is 0 Å². The summed E-state index contributed by atoms with van der Waals surface area (Å²) in [4.78, 5) is 30.9. The number of benzene rings is 1. The zero-order valence-electron chi connectivity index (χ0n) is 10.2. The Hall–Kier alpha value is -2.43. The van der Waals surface area contributed by atoms with E-state index in [0.717, 1.165) is 12.5 Å². The number of carboxylic acid groups (broad SMARTS) is 1. The summed E-state index contributed by atoms with van der Waals surface area (Å²) >= 11 is 0. The Labute approximate surface area is 105 Å². The van der Waals surface area contributed by atoms with Crippen molar-refractivity contribution in [3.8, 4) is 0 Å². The maximum absolute atomic E-state index is 11.0. The lowest BCUT2D eigenvalue weighted by Gasteiger charge is -1.97. The molecule has 0 heterocycles. The normalized spacial score (nSPS) is 10.0. The van der Waals surface area contributed by atoms with E-state index in [9.17, 15) is 9.59 Å². The van der Waals surface area contributed by atoms with Crippen molar-refractivity contribution in [1.29, 1.82) is 0 Å². The van der Waals surface area contributed by atoms with E-state index in [1.807, 2.05) is 18.2 Å². The average Bonchev–Trinajstić information content (AvgIpc) is 2.25. The molecular formula is C13H15NO4. The monoisotopic (exact) mass is 249 g/mol. The van der Waals surface area contributed by atoms with E-state index in [0.29, 0.717) is 0 Å². The van der Waals surface area contributed by atoms with Gasteiger partial charge in [0.2, 0.25) is 0 Å². The number of rotatable bonds is 3. The van der Waals surface area contributed by atoms with Gasteiger partial charge in [0.15, 0.2) is 5.78 Å². The van der Waals surface area contributed by atoms with Gasteiger partial charge in [-0.2, -0.15) is 0 Å². The Balaban J connectivity index is 0.000000631. The second-order valence-corrected chi connectivity index (χ2v) is 3.41. The van der Waals surface area contributed by atoms with Crippen LogP contribution in [0.5, 0.6) is 0 Å². The standard InChI is InChI=1S/C11H11NO2.C2H4O2/c1-8(13)10(11(12)14)7-9-5-3-2-4-6-9;1-2(3)4/h2-7H,1H3,(H2,12,14);1H3,(H,3,4). The molecule has 0 atom stereocenters. The fraction of sp³-hybridized carbons (Fsp3) is 0.154. The van der Waals surface area contributed by atoms with Crippen LogP contribution in [-0.2, 0) is 14.4 Å². The summed E-state index contributed by atoms with van der Waals surface area (Å²) in [6.45, 7) is 2.40. The molecule has 3 N–H and O–H groups in total. The molecule has 0 saturated heterocycles. The van der Waals surface area contributed by atoms with Crippen molar-refractivity contribution >= 4 is 23.7 Å². The van der Waals surface area contributed by atoms with E-state index in [2.05, 4.69) is 0 Å². The highest BCUT2D eigenvalue weighted by atomic mass is 16.4. The maximum atomic E-state index is 11.0. The molecule has 5 heteroatoms. The number of carbonyl (C=O) groups excluding carboxylic acids is 2. The molecule has 1 aromatic carbocycles. The van der Waals surface area contributed by atoms with Crippen LogP contribution in [-0.4, -0.2) is 22.8 Å². The number of amides is 1. The third-order valence-electron chi connectivity index (χ3n) is 1.76. The molecule has 1 amide bonds. The molecule has 5 nitrogen and oxygen atoms in total. The molecule has 0 spiro atoms. The quantitative estimate of drug-likeness (QED) is 0.478. The number of hydrogen-bond donors (Lipinski definition) is 2. The van der Waals surface area contributed by atoms with Gasteiger partial charge in [-0.1, -0.05) is 30.3 Å². The molecule has 0 fully saturated rings. The number of nitrogens with two attached hydrogens (primary N) is 1. The van der Waals surface area contributed by atoms with Gasteiger partial charge >= 0.3 is 0 Å². The summed E-state index contributed by atoms with van der Waals surface area (Å²) in [6, 6.07) is 9.10. The zero-order chi connectivity index (χ0) is 14.1. The molecular weight excluding hydrogens is 234 g/mol. The van der Waals surface area contributed by atoms with E-state index in [-0.39, 0.29) is 11.4 Å². The second-order valence-electron chi connectivity index (χ2n) is 3.41. The Morgan fingerprint density at radius 3 is 1.89 bits per heavy atom. The maximum Gasteiger partial charge on any atom is 0.300 e. The largest absolute Gasteiger partial charge is 0.481 e. The van der Waals surface area contributed by atoms with Crippen LogP contribution < -0.4 is 5.73 Å². The molecule has 1 rings (SSSR count). The van der Waals surface area contributed by atoms with Crippen molar-refractivity contribution in [2.24, 2.45) is 5.73 Å². The molecule has 0 aromatic heterocycles. The molecule has 0 bridgehead atoms. The second kappa shape index (κ2) is 7.78. The SMILES string of the molecule is CC(=O)C(=Cc1ccccc1)C(N)=O.CC(=O)O. The first kappa shape index (κ1) is 15.6. The molecule has 18 heavy (non-hydrogen) atoms. The lowest BCUT2D eigenvalue weighted by molar-refractivity contribution is -0.134. The van der Waals surface area contributed by atoms with Crippen molar-refractivity contribution in [1.82, 2.24) is 0 Å². The van der Waals surface area contributed by atoms with Crippen molar-refractivity contribution in [3.63, 3.8) is 0 Å². The molecule has 0 saturated carbocycles. The van der Waals surface area contributed by atoms with Crippen LogP contribution in [0.4, 0.5) is 0 Å². The molecule has 0 aliphatic heterocycles. The van der Waals surface area contributed by atoms with Gasteiger partial charge in [0.05, 0.1) is 5.57 Å². The first-order valence-corrected chi connectivity index (χ1v) is 5.11. The van der Waals surface area contributed by atoms with Crippen LogP contribution in [0.15, 0.2) is 35.9 Å². The first-order chi connectivity index (χ1) is 8.34. The molecule has 0 aliphatic rings. The lowest BCUT2D eigenvalue weighted by Crippen LogP contribution is -2.18. The number of carboxylic acids is 1. The van der Waals surface area contributed by atoms with E-state index < -0.39 is 11.9 Å². The number of ketones is 1. The third kappa shape index (κ3) is 6.95. The Morgan fingerprint density at radius 2 is 1.56 bits per heavy atom. The Kier molecular flexibility index (Phi) is 6.73. The fourth-order valence-corrected chi connectivity index (χ4v) is 1.06. The highest BCUT2D eigenvalue weighted by Crippen LogP contribution is 2.06. The van der Waals surface area contributed by atoms with Crippen molar-refractivity contribution < 1.29 is 19.5 Å². The average molecular weight is 249 g/mol. The van der Waals surface area contributed by atoms with Crippen LogP contribution in [0.25, 0.3) is 6.08 Å². The first-order valence-electron chi connectivity index (χ1n) is 5.11. The minimum absolute atomic E-state index is 0.0243. The van der Waals surface area contributed by atoms with Crippen LogP contribution in [0.2, 0.25) is 0 Å². The lowest BCUT2D eigenvalue weighted by atomic mass is 10.1. The van der Waals surface area contributed by atoms with E-state index in [1.54, 1.807) is 12.1 Å². The van der Waals surface area contributed by atoms with Gasteiger partial charge in [0.1, 0.15) is 0 Å². The molecule has 96 valence electrons. The molecule has 0 unspecified atom stereocenters. The Bertz CT molecular complexity index is 443.